The number of hydrogen-bond acceptors (Lipinski definition) is 3. The number of anilines is 1. The van der Waals surface area contributed by atoms with E-state index in [2.05, 4.69) is 16.7 Å². The third kappa shape index (κ3) is 4.16. The largest absolute Gasteiger partial charge is 0.324 e. The van der Waals surface area contributed by atoms with E-state index in [0.29, 0.717) is 17.8 Å². The van der Waals surface area contributed by atoms with Gasteiger partial charge in [0.25, 0.3) is 0 Å². The molecule has 2 rings (SSSR count). The third-order valence-corrected chi connectivity index (χ3v) is 3.15. The maximum Gasteiger partial charge on any atom is 0.241 e. The fourth-order valence-corrected chi connectivity index (χ4v) is 1.89. The Hall–Kier alpha value is -2.64. The predicted molar refractivity (Wildman–Crippen MR) is 82.5 cm³/mol. The molecule has 0 radical (unpaired) electrons. The molecule has 0 aliphatic rings. The van der Waals surface area contributed by atoms with Crippen LogP contribution in [0.25, 0.3) is 0 Å². The van der Waals surface area contributed by atoms with E-state index in [1.807, 2.05) is 30.3 Å². The highest BCUT2D eigenvalue weighted by Crippen LogP contribution is 2.13. The number of benzene rings is 2. The second-order valence-electron chi connectivity index (χ2n) is 4.73. The predicted octanol–water partition coefficient (Wildman–Crippen LogP) is 2.68. The molecule has 2 aromatic carbocycles. The third-order valence-electron chi connectivity index (χ3n) is 3.15. The molecule has 21 heavy (non-hydrogen) atoms. The number of nitrogens with one attached hydrogen (secondary N) is 2. The zero-order chi connectivity index (χ0) is 15.1. The van der Waals surface area contributed by atoms with Gasteiger partial charge in [0.15, 0.2) is 0 Å². The van der Waals surface area contributed by atoms with Crippen molar-refractivity contribution in [2.75, 3.05) is 5.32 Å². The molecule has 0 saturated carbocycles. The van der Waals surface area contributed by atoms with Gasteiger partial charge in [0.05, 0.1) is 17.3 Å². The topological polar surface area (TPSA) is 64.9 Å². The van der Waals surface area contributed by atoms with Gasteiger partial charge in [-0.3, -0.25) is 4.79 Å². The normalized spacial score (nSPS) is 11.4. The van der Waals surface area contributed by atoms with Gasteiger partial charge < -0.3 is 10.6 Å². The molecule has 4 heteroatoms. The highest BCUT2D eigenvalue weighted by molar-refractivity contribution is 5.95. The second kappa shape index (κ2) is 7.22. The minimum Gasteiger partial charge on any atom is -0.324 e. The van der Waals surface area contributed by atoms with Crippen molar-refractivity contribution in [2.45, 2.75) is 19.5 Å². The van der Waals surface area contributed by atoms with E-state index in [9.17, 15) is 4.79 Å². The van der Waals surface area contributed by atoms with Gasteiger partial charge in [0, 0.05) is 6.54 Å². The molecular formula is C17H17N3O. The Morgan fingerprint density at radius 3 is 2.52 bits per heavy atom. The molecule has 0 saturated heterocycles. The average molecular weight is 279 g/mol. The molecule has 2 N–H and O–H groups in total. The van der Waals surface area contributed by atoms with Crippen LogP contribution in [-0.2, 0) is 11.3 Å². The highest BCUT2D eigenvalue weighted by Gasteiger charge is 2.13. The molecule has 0 fully saturated rings. The van der Waals surface area contributed by atoms with Crippen LogP contribution >= 0.6 is 0 Å². The van der Waals surface area contributed by atoms with Crippen molar-refractivity contribution in [1.82, 2.24) is 5.32 Å². The summed E-state index contributed by atoms with van der Waals surface area (Å²) in [5, 5.41) is 14.9. The fraction of sp³-hybridized carbons (Fsp3) is 0.176. The zero-order valence-corrected chi connectivity index (χ0v) is 11.8. The van der Waals surface area contributed by atoms with Crippen LogP contribution in [0.1, 0.15) is 18.1 Å². The Balaban J connectivity index is 1.92. The van der Waals surface area contributed by atoms with E-state index in [4.69, 9.17) is 5.26 Å². The van der Waals surface area contributed by atoms with Crippen molar-refractivity contribution in [3.05, 3.63) is 65.7 Å². The number of rotatable bonds is 5. The first-order valence-electron chi connectivity index (χ1n) is 6.78. The smallest absolute Gasteiger partial charge is 0.241 e. The summed E-state index contributed by atoms with van der Waals surface area (Å²) in [6, 6.07) is 18.6. The summed E-state index contributed by atoms with van der Waals surface area (Å²) in [6.07, 6.45) is 0. The monoisotopic (exact) mass is 279 g/mol. The van der Waals surface area contributed by atoms with Gasteiger partial charge in [-0.05, 0) is 24.6 Å². The minimum atomic E-state index is -0.350. The average Bonchev–Trinajstić information content (AvgIpc) is 2.54. The van der Waals surface area contributed by atoms with Gasteiger partial charge in [-0.1, -0.05) is 42.5 Å². The van der Waals surface area contributed by atoms with Crippen molar-refractivity contribution < 1.29 is 4.79 Å². The van der Waals surface area contributed by atoms with E-state index in [0.717, 1.165) is 5.56 Å². The van der Waals surface area contributed by atoms with Crippen LogP contribution in [-0.4, -0.2) is 11.9 Å². The Morgan fingerprint density at radius 1 is 1.14 bits per heavy atom. The molecule has 0 spiro atoms. The van der Waals surface area contributed by atoms with Crippen LogP contribution < -0.4 is 10.6 Å². The highest BCUT2D eigenvalue weighted by atomic mass is 16.2. The summed E-state index contributed by atoms with van der Waals surface area (Å²) in [4.78, 5) is 12.1. The lowest BCUT2D eigenvalue weighted by Gasteiger charge is -2.14. The molecule has 0 bridgehead atoms. The number of para-hydroxylation sites is 1. The molecule has 1 amide bonds. The Morgan fingerprint density at radius 2 is 1.81 bits per heavy atom. The first-order valence-corrected chi connectivity index (χ1v) is 6.78. The van der Waals surface area contributed by atoms with Gasteiger partial charge in [0.1, 0.15) is 6.07 Å². The number of hydrogen-bond donors (Lipinski definition) is 2. The lowest BCUT2D eigenvalue weighted by atomic mass is 10.2. The molecule has 0 aliphatic heterocycles. The van der Waals surface area contributed by atoms with Crippen molar-refractivity contribution in [3.63, 3.8) is 0 Å². The molecule has 2 aromatic rings. The molecule has 4 nitrogen and oxygen atoms in total. The van der Waals surface area contributed by atoms with Gasteiger partial charge >= 0.3 is 0 Å². The van der Waals surface area contributed by atoms with Crippen molar-refractivity contribution in [3.8, 4) is 6.07 Å². The van der Waals surface area contributed by atoms with Crippen molar-refractivity contribution in [2.24, 2.45) is 0 Å². The molecule has 0 aliphatic carbocycles. The van der Waals surface area contributed by atoms with E-state index in [1.54, 1.807) is 31.2 Å². The van der Waals surface area contributed by atoms with Gasteiger partial charge in [0.2, 0.25) is 5.91 Å². The Labute approximate surface area is 124 Å². The first kappa shape index (κ1) is 14.8. The Bertz CT molecular complexity index is 647. The van der Waals surface area contributed by atoms with E-state index in [-0.39, 0.29) is 11.9 Å². The standard InChI is InChI=1S/C17H17N3O/c1-13(19-12-14-7-3-2-4-8-14)17(21)20-16-10-6-5-9-15(16)11-18/h2-10,13,19H,12H2,1H3,(H,20,21)/t13-/m1/s1. The number of amides is 1. The SMILES string of the molecule is C[C@@H](NCc1ccccc1)C(=O)Nc1ccccc1C#N. The van der Waals surface area contributed by atoms with E-state index < -0.39 is 0 Å². The van der Waals surface area contributed by atoms with Crippen LogP contribution in [0.15, 0.2) is 54.6 Å². The molecule has 106 valence electrons. The minimum absolute atomic E-state index is 0.159. The van der Waals surface area contributed by atoms with E-state index in [1.165, 1.54) is 0 Å². The van der Waals surface area contributed by atoms with Crippen molar-refractivity contribution in [1.29, 1.82) is 5.26 Å². The molecule has 0 heterocycles. The number of carbonyl (C=O) groups excluding carboxylic acids is 1. The number of carbonyl (C=O) groups is 1. The molecule has 0 unspecified atom stereocenters. The van der Waals surface area contributed by atoms with Gasteiger partial charge in [-0.25, -0.2) is 0 Å². The molecule has 1 atom stereocenters. The maximum absolute atomic E-state index is 12.1. The maximum atomic E-state index is 12.1. The van der Waals surface area contributed by atoms with Crippen LogP contribution in [0.3, 0.4) is 0 Å². The van der Waals surface area contributed by atoms with Crippen LogP contribution in [0.4, 0.5) is 5.69 Å². The van der Waals surface area contributed by atoms with Gasteiger partial charge in [-0.2, -0.15) is 5.26 Å². The quantitative estimate of drug-likeness (QED) is 0.884. The van der Waals surface area contributed by atoms with E-state index >= 15 is 0 Å². The lowest BCUT2D eigenvalue weighted by molar-refractivity contribution is -0.117. The van der Waals surface area contributed by atoms with Gasteiger partial charge in [-0.15, -0.1) is 0 Å². The first-order chi connectivity index (χ1) is 10.2. The summed E-state index contributed by atoms with van der Waals surface area (Å²) in [7, 11) is 0. The fourth-order valence-electron chi connectivity index (χ4n) is 1.89. The summed E-state index contributed by atoms with van der Waals surface area (Å²) in [6.45, 7) is 2.42. The zero-order valence-electron chi connectivity index (χ0n) is 11.8. The lowest BCUT2D eigenvalue weighted by Crippen LogP contribution is -2.37. The molecular weight excluding hydrogens is 262 g/mol. The summed E-state index contributed by atoms with van der Waals surface area (Å²) >= 11 is 0. The van der Waals surface area contributed by atoms with Crippen LogP contribution in [0.5, 0.6) is 0 Å². The van der Waals surface area contributed by atoms with Crippen LogP contribution in [0, 0.1) is 11.3 Å². The summed E-state index contributed by atoms with van der Waals surface area (Å²) in [5.74, 6) is -0.159. The molecule has 0 aromatic heterocycles. The summed E-state index contributed by atoms with van der Waals surface area (Å²) < 4.78 is 0. The Kier molecular flexibility index (Phi) is 5.08. The second-order valence-corrected chi connectivity index (χ2v) is 4.73. The number of nitrogens with zero attached hydrogens (tertiary/aromatic N) is 1. The number of nitriles is 1. The summed E-state index contributed by atoms with van der Waals surface area (Å²) in [5.41, 5.74) is 2.12. The van der Waals surface area contributed by atoms with Crippen molar-refractivity contribution >= 4 is 11.6 Å². The van der Waals surface area contributed by atoms with Crippen LogP contribution in [0.2, 0.25) is 0 Å².